The van der Waals surface area contributed by atoms with E-state index in [1.165, 1.54) is 18.2 Å². The lowest BCUT2D eigenvalue weighted by Crippen LogP contribution is -2.35. The van der Waals surface area contributed by atoms with Crippen molar-refractivity contribution < 1.29 is 16.8 Å². The Bertz CT molecular complexity index is 785. The lowest BCUT2D eigenvalue weighted by molar-refractivity contribution is 0.575. The Labute approximate surface area is 122 Å². The lowest BCUT2D eigenvalue weighted by Gasteiger charge is -2.13. The molecular weight excluding hydrogens is 324 g/mol. The van der Waals surface area contributed by atoms with E-state index in [4.69, 9.17) is 17.3 Å². The summed E-state index contributed by atoms with van der Waals surface area (Å²) in [6.07, 6.45) is 1.29. The molecule has 2 rings (SSSR count). The summed E-state index contributed by atoms with van der Waals surface area (Å²) in [4.78, 5) is -0.167. The van der Waals surface area contributed by atoms with Crippen LogP contribution >= 0.6 is 11.6 Å². The average Bonchev–Trinajstić information content (AvgIpc) is 2.62. The SMILES string of the molecule is Cc1cc(Cl)c(S(=O)(=O)NC2C=CS(=O)(=O)C2)cc1N. The number of hydrogen-bond acceptors (Lipinski definition) is 5. The molecule has 1 aromatic rings. The Morgan fingerprint density at radius 2 is 2.05 bits per heavy atom. The van der Waals surface area contributed by atoms with Crippen LogP contribution in [-0.4, -0.2) is 28.6 Å². The summed E-state index contributed by atoms with van der Waals surface area (Å²) < 4.78 is 49.2. The summed E-state index contributed by atoms with van der Waals surface area (Å²) in [6, 6.07) is 1.91. The minimum Gasteiger partial charge on any atom is -0.398 e. The summed E-state index contributed by atoms with van der Waals surface area (Å²) in [5.41, 5.74) is 6.64. The maximum atomic E-state index is 12.2. The van der Waals surface area contributed by atoms with Crippen molar-refractivity contribution in [3.05, 3.63) is 34.2 Å². The number of halogens is 1. The van der Waals surface area contributed by atoms with Crippen LogP contribution in [0, 0.1) is 6.92 Å². The molecule has 1 atom stereocenters. The predicted octanol–water partition coefficient (Wildman–Crippen LogP) is 0.820. The molecule has 0 saturated heterocycles. The van der Waals surface area contributed by atoms with Crippen molar-refractivity contribution in [3.8, 4) is 0 Å². The first-order valence-electron chi connectivity index (χ1n) is 5.60. The molecule has 0 fully saturated rings. The summed E-state index contributed by atoms with van der Waals surface area (Å²) in [7, 11) is -7.28. The van der Waals surface area contributed by atoms with E-state index < -0.39 is 25.9 Å². The van der Waals surface area contributed by atoms with Gasteiger partial charge in [-0.15, -0.1) is 0 Å². The molecular formula is C11H13ClN2O4S2. The smallest absolute Gasteiger partial charge is 0.242 e. The van der Waals surface area contributed by atoms with Crippen molar-refractivity contribution in [1.82, 2.24) is 4.72 Å². The van der Waals surface area contributed by atoms with Crippen molar-refractivity contribution in [3.63, 3.8) is 0 Å². The van der Waals surface area contributed by atoms with Crippen LogP contribution in [0.1, 0.15) is 5.56 Å². The van der Waals surface area contributed by atoms with Gasteiger partial charge in [0.05, 0.1) is 16.8 Å². The number of benzene rings is 1. The molecule has 1 aromatic carbocycles. The fraction of sp³-hybridized carbons (Fsp3) is 0.273. The molecule has 6 nitrogen and oxygen atoms in total. The van der Waals surface area contributed by atoms with Gasteiger partial charge in [0, 0.05) is 11.1 Å². The normalized spacial score (nSPS) is 21.2. The van der Waals surface area contributed by atoms with Crippen molar-refractivity contribution >= 4 is 37.1 Å². The first kappa shape index (κ1) is 15.3. The van der Waals surface area contributed by atoms with E-state index in [2.05, 4.69) is 4.72 Å². The van der Waals surface area contributed by atoms with Gasteiger partial charge in [0.2, 0.25) is 10.0 Å². The van der Waals surface area contributed by atoms with Crippen molar-refractivity contribution in [2.45, 2.75) is 17.9 Å². The van der Waals surface area contributed by atoms with Crippen molar-refractivity contribution in [2.75, 3.05) is 11.5 Å². The number of rotatable bonds is 3. The monoisotopic (exact) mass is 336 g/mol. The maximum absolute atomic E-state index is 12.2. The van der Waals surface area contributed by atoms with Crippen LogP contribution in [0.25, 0.3) is 0 Å². The third-order valence-corrected chi connectivity index (χ3v) is 6.20. The van der Waals surface area contributed by atoms with Crippen LogP contribution in [0.4, 0.5) is 5.69 Å². The zero-order chi connectivity index (χ0) is 15.1. The third-order valence-electron chi connectivity index (χ3n) is 2.85. The number of nitrogen functional groups attached to an aromatic ring is 1. The Morgan fingerprint density at radius 1 is 1.40 bits per heavy atom. The second-order valence-electron chi connectivity index (χ2n) is 4.53. The molecule has 0 saturated carbocycles. The fourth-order valence-electron chi connectivity index (χ4n) is 1.79. The van der Waals surface area contributed by atoms with Gasteiger partial charge in [0.25, 0.3) is 0 Å². The van der Waals surface area contributed by atoms with Gasteiger partial charge in [-0.3, -0.25) is 0 Å². The molecule has 3 N–H and O–H groups in total. The highest BCUT2D eigenvalue weighted by molar-refractivity contribution is 7.94. The largest absolute Gasteiger partial charge is 0.398 e. The highest BCUT2D eigenvalue weighted by Gasteiger charge is 2.28. The molecule has 110 valence electrons. The molecule has 9 heteroatoms. The Hall–Kier alpha value is -1.09. The van der Waals surface area contributed by atoms with E-state index in [1.807, 2.05) is 0 Å². The van der Waals surface area contributed by atoms with Crippen LogP contribution in [-0.2, 0) is 19.9 Å². The van der Waals surface area contributed by atoms with Crippen LogP contribution in [0.2, 0.25) is 5.02 Å². The van der Waals surface area contributed by atoms with Crippen LogP contribution in [0.15, 0.2) is 28.5 Å². The van der Waals surface area contributed by atoms with Gasteiger partial charge in [-0.2, -0.15) is 0 Å². The van der Waals surface area contributed by atoms with Crippen LogP contribution < -0.4 is 10.5 Å². The number of sulfonamides is 1. The number of sulfone groups is 1. The van der Waals surface area contributed by atoms with E-state index in [0.717, 1.165) is 5.41 Å². The molecule has 1 aliphatic rings. The summed E-state index contributed by atoms with van der Waals surface area (Å²) in [6.45, 7) is 1.71. The zero-order valence-electron chi connectivity index (χ0n) is 10.5. The number of hydrogen-bond donors (Lipinski definition) is 2. The van der Waals surface area contributed by atoms with E-state index in [1.54, 1.807) is 6.92 Å². The number of nitrogens with two attached hydrogens (primary N) is 1. The standard InChI is InChI=1S/C11H13ClN2O4S2/c1-7-4-9(12)11(5-10(7)13)20(17,18)14-8-2-3-19(15,16)6-8/h2-5,8,14H,6,13H2,1H3. The molecule has 0 amide bonds. The molecule has 1 heterocycles. The second kappa shape index (κ2) is 5.03. The van der Waals surface area contributed by atoms with Gasteiger partial charge in [-0.1, -0.05) is 17.7 Å². The first-order chi connectivity index (χ1) is 9.11. The summed E-state index contributed by atoms with van der Waals surface area (Å²) in [5.74, 6) is -0.300. The van der Waals surface area contributed by atoms with Crippen molar-refractivity contribution in [2.24, 2.45) is 0 Å². The molecule has 0 radical (unpaired) electrons. The number of anilines is 1. The quantitative estimate of drug-likeness (QED) is 0.795. The Kier molecular flexibility index (Phi) is 3.85. The highest BCUT2D eigenvalue weighted by Crippen LogP contribution is 2.27. The van der Waals surface area contributed by atoms with E-state index >= 15 is 0 Å². The van der Waals surface area contributed by atoms with Gasteiger partial charge in [0.15, 0.2) is 9.84 Å². The van der Waals surface area contributed by atoms with E-state index in [0.29, 0.717) is 11.3 Å². The molecule has 0 bridgehead atoms. The van der Waals surface area contributed by atoms with E-state index in [-0.39, 0.29) is 15.7 Å². The zero-order valence-corrected chi connectivity index (χ0v) is 12.9. The van der Waals surface area contributed by atoms with Gasteiger partial charge in [0.1, 0.15) is 4.90 Å². The summed E-state index contributed by atoms with van der Waals surface area (Å²) >= 11 is 5.92. The molecule has 1 aliphatic heterocycles. The van der Waals surface area contributed by atoms with Gasteiger partial charge >= 0.3 is 0 Å². The molecule has 20 heavy (non-hydrogen) atoms. The first-order valence-corrected chi connectivity index (χ1v) is 9.17. The molecule has 0 aromatic heterocycles. The molecule has 0 spiro atoms. The minimum absolute atomic E-state index is 0.0361. The second-order valence-corrected chi connectivity index (χ2v) is 8.55. The van der Waals surface area contributed by atoms with Crippen molar-refractivity contribution in [1.29, 1.82) is 0 Å². The maximum Gasteiger partial charge on any atom is 0.242 e. The van der Waals surface area contributed by atoms with Gasteiger partial charge in [-0.25, -0.2) is 21.6 Å². The molecule has 0 aliphatic carbocycles. The number of nitrogens with one attached hydrogen (secondary N) is 1. The third kappa shape index (κ3) is 3.14. The summed E-state index contributed by atoms with van der Waals surface area (Å²) in [5, 5.41) is 1.03. The highest BCUT2D eigenvalue weighted by atomic mass is 35.5. The lowest BCUT2D eigenvalue weighted by atomic mass is 10.2. The minimum atomic E-state index is -3.94. The topological polar surface area (TPSA) is 106 Å². The average molecular weight is 337 g/mol. The Morgan fingerprint density at radius 3 is 2.60 bits per heavy atom. The van der Waals surface area contributed by atoms with Gasteiger partial charge in [-0.05, 0) is 24.6 Å². The molecule has 1 unspecified atom stereocenters. The predicted molar refractivity (Wildman–Crippen MR) is 77.6 cm³/mol. The van der Waals surface area contributed by atoms with Crippen LogP contribution in [0.3, 0.4) is 0 Å². The van der Waals surface area contributed by atoms with Gasteiger partial charge < -0.3 is 5.73 Å². The van der Waals surface area contributed by atoms with E-state index in [9.17, 15) is 16.8 Å². The van der Waals surface area contributed by atoms with Crippen LogP contribution in [0.5, 0.6) is 0 Å². The Balaban J connectivity index is 2.33. The fourth-order valence-corrected chi connectivity index (χ4v) is 4.94. The number of aryl methyl sites for hydroxylation is 1.